The molecule has 0 heterocycles. The van der Waals surface area contributed by atoms with E-state index in [0.29, 0.717) is 0 Å². The highest BCUT2D eigenvalue weighted by Crippen LogP contribution is 2.28. The van der Waals surface area contributed by atoms with Crippen LogP contribution in [0.15, 0.2) is 0 Å². The number of hydrogen-bond donors (Lipinski definition) is 0. The van der Waals surface area contributed by atoms with Crippen molar-refractivity contribution in [2.45, 2.75) is 90.1 Å². The first-order chi connectivity index (χ1) is 10.1. The van der Waals surface area contributed by atoms with Gasteiger partial charge in [-0.2, -0.15) is 0 Å². The molecule has 136 valence electrons. The third-order valence-corrected chi connectivity index (χ3v) is 8.37. The fraction of sp³-hybridized carbons (Fsp3) is 1.00. The Balaban J connectivity index is 0. The molecule has 0 aliphatic rings. The molecule has 0 nitrogen and oxygen atoms in total. The summed E-state index contributed by atoms with van der Waals surface area (Å²) in [4.78, 5) is 0. The van der Waals surface area contributed by atoms with Gasteiger partial charge in [0.2, 0.25) is 0 Å². The van der Waals surface area contributed by atoms with E-state index in [2.05, 4.69) is 13.8 Å². The summed E-state index contributed by atoms with van der Waals surface area (Å²) in [5.41, 5.74) is 0. The van der Waals surface area contributed by atoms with Gasteiger partial charge in [-0.15, -0.1) is 66.5 Å². The average molecular weight is 467 g/mol. The molecule has 0 amide bonds. The van der Waals surface area contributed by atoms with Crippen molar-refractivity contribution in [3.05, 3.63) is 0 Å². The van der Waals surface area contributed by atoms with Crippen molar-refractivity contribution in [1.29, 1.82) is 0 Å². The fourth-order valence-corrected chi connectivity index (χ4v) is 5.57. The van der Waals surface area contributed by atoms with Gasteiger partial charge in [0, 0.05) is 0 Å². The second-order valence-electron chi connectivity index (χ2n) is 5.56. The molecule has 0 radical (unpaired) electrons. The summed E-state index contributed by atoms with van der Waals surface area (Å²) in [6.07, 6.45) is 12.4. The van der Waals surface area contributed by atoms with Crippen molar-refractivity contribution < 1.29 is 0 Å². The lowest BCUT2D eigenvalue weighted by Gasteiger charge is -2.06. The predicted molar refractivity (Wildman–Crippen MR) is 114 cm³/mol. The summed E-state index contributed by atoms with van der Waals surface area (Å²) >= 11 is 34.3. The van der Waals surface area contributed by atoms with Crippen molar-refractivity contribution in [3.63, 3.8) is 0 Å². The molecule has 0 unspecified atom stereocenters. The van der Waals surface area contributed by atoms with Crippen LogP contribution in [0.1, 0.15) is 78.1 Å². The molecule has 0 rings (SSSR count). The molecule has 0 aromatic rings. The van der Waals surface area contributed by atoms with E-state index >= 15 is 0 Å². The van der Waals surface area contributed by atoms with Gasteiger partial charge in [0.05, 0.1) is 0 Å². The summed E-state index contributed by atoms with van der Waals surface area (Å²) in [6.45, 7) is 4.39. The Bertz CT molecular complexity index is 228. The summed E-state index contributed by atoms with van der Waals surface area (Å²) < 4.78 is 0. The molecule has 0 N–H and O–H groups in total. The van der Waals surface area contributed by atoms with E-state index in [0.717, 1.165) is 24.9 Å². The maximum atomic E-state index is 5.74. The topological polar surface area (TPSA) is 0 Å². The van der Waals surface area contributed by atoms with Crippen LogP contribution in [0.2, 0.25) is 12.1 Å². The minimum absolute atomic E-state index is 0.817. The lowest BCUT2D eigenvalue weighted by Crippen LogP contribution is -2.07. The van der Waals surface area contributed by atoms with Gasteiger partial charge in [-0.25, -0.2) is 0 Å². The summed E-state index contributed by atoms with van der Waals surface area (Å²) in [6, 6.07) is -2.96. The van der Waals surface area contributed by atoms with Gasteiger partial charge in [0.15, 0.2) is 0 Å². The highest BCUT2D eigenvalue weighted by molar-refractivity contribution is 7.65. The van der Waals surface area contributed by atoms with Crippen LogP contribution < -0.4 is 0 Å². The zero-order valence-corrected chi connectivity index (χ0v) is 20.3. The van der Waals surface area contributed by atoms with E-state index in [1.54, 1.807) is 0 Å². The number of halogens is 6. The Morgan fingerprint density at radius 3 is 1.05 bits per heavy atom. The molecule has 0 aromatic heterocycles. The van der Waals surface area contributed by atoms with Crippen molar-refractivity contribution in [3.8, 4) is 0 Å². The first-order valence-electron chi connectivity index (χ1n) is 8.26. The van der Waals surface area contributed by atoms with Gasteiger partial charge < -0.3 is 0 Å². The monoisotopic (exact) mass is 464 g/mol. The number of rotatable bonds is 12. The smallest absolute Gasteiger partial charge is 0.126 e. The first-order valence-corrected chi connectivity index (χ1v) is 18.7. The van der Waals surface area contributed by atoms with Crippen LogP contribution in [-0.4, -0.2) is 12.0 Å². The molecule has 22 heavy (non-hydrogen) atoms. The van der Waals surface area contributed by atoms with Gasteiger partial charge in [0.1, 0.15) is 0 Å². The van der Waals surface area contributed by atoms with E-state index in [9.17, 15) is 0 Å². The second-order valence-corrected chi connectivity index (χ2v) is 24.1. The molecular formula is C14H30Cl6Si2. The Hall–Kier alpha value is 2.17. The fourth-order valence-electron chi connectivity index (χ4n) is 1.86. The third-order valence-electron chi connectivity index (χ3n) is 3.13. The molecule has 0 bridgehead atoms. The van der Waals surface area contributed by atoms with Crippen LogP contribution in [0.3, 0.4) is 0 Å². The van der Waals surface area contributed by atoms with E-state index < -0.39 is 12.0 Å². The van der Waals surface area contributed by atoms with Crippen molar-refractivity contribution >= 4 is 78.5 Å². The van der Waals surface area contributed by atoms with Gasteiger partial charge in [0.25, 0.3) is 0 Å². The molecule has 0 aromatic carbocycles. The molecule has 0 aliphatic carbocycles. The van der Waals surface area contributed by atoms with Gasteiger partial charge >= 0.3 is 12.0 Å². The van der Waals surface area contributed by atoms with E-state index in [1.807, 2.05) is 0 Å². The maximum absolute atomic E-state index is 5.74. The third kappa shape index (κ3) is 30.1. The molecule has 0 aliphatic heterocycles. The van der Waals surface area contributed by atoms with Crippen LogP contribution in [-0.2, 0) is 0 Å². The normalized spacial score (nSPS) is 12.0. The Kier molecular flexibility index (Phi) is 20.0. The summed E-state index contributed by atoms with van der Waals surface area (Å²) in [7, 11) is 0. The summed E-state index contributed by atoms with van der Waals surface area (Å²) in [5.74, 6) is 0. The van der Waals surface area contributed by atoms with E-state index in [-0.39, 0.29) is 0 Å². The number of hydrogen-bond acceptors (Lipinski definition) is 0. The minimum Gasteiger partial charge on any atom is -0.126 e. The SMILES string of the molecule is CCCCCCCC[Si](Cl)(Cl)Cl.CCCCCC[Si](Cl)(Cl)Cl. The highest BCUT2D eigenvalue weighted by Gasteiger charge is 2.23. The van der Waals surface area contributed by atoms with Crippen LogP contribution in [0, 0.1) is 0 Å². The van der Waals surface area contributed by atoms with Crippen molar-refractivity contribution in [1.82, 2.24) is 0 Å². The van der Waals surface area contributed by atoms with Crippen LogP contribution in [0.4, 0.5) is 0 Å². The molecule has 0 saturated carbocycles. The second kappa shape index (κ2) is 16.6. The first kappa shape index (κ1) is 26.4. The highest BCUT2D eigenvalue weighted by atomic mass is 35.8. The minimum atomic E-state index is -2.31. The average Bonchev–Trinajstić information content (AvgIpc) is 2.37. The molecule has 8 heteroatoms. The maximum Gasteiger partial charge on any atom is 0.341 e. The van der Waals surface area contributed by atoms with Crippen LogP contribution in [0.25, 0.3) is 0 Å². The van der Waals surface area contributed by atoms with Gasteiger partial charge in [-0.3, -0.25) is 0 Å². The Morgan fingerprint density at radius 1 is 0.455 bits per heavy atom. The lowest BCUT2D eigenvalue weighted by molar-refractivity contribution is 0.624. The molecule has 0 spiro atoms. The van der Waals surface area contributed by atoms with E-state index in [4.69, 9.17) is 66.5 Å². The van der Waals surface area contributed by atoms with Crippen LogP contribution in [0.5, 0.6) is 0 Å². The van der Waals surface area contributed by atoms with Gasteiger partial charge in [-0.05, 0) is 12.1 Å². The van der Waals surface area contributed by atoms with Crippen LogP contribution >= 0.6 is 66.5 Å². The number of unbranched alkanes of at least 4 members (excludes halogenated alkanes) is 8. The summed E-state index contributed by atoms with van der Waals surface area (Å²) in [5, 5.41) is 0. The molecular weight excluding hydrogens is 437 g/mol. The van der Waals surface area contributed by atoms with Crippen molar-refractivity contribution in [2.24, 2.45) is 0 Å². The zero-order valence-electron chi connectivity index (χ0n) is 13.8. The molecule has 0 fully saturated rings. The standard InChI is InChI=1S/C8H17Cl3Si.C6H13Cl3Si/c1-2-3-4-5-6-7-8-12(9,10)11;1-2-3-4-5-6-10(7,8)9/h2-8H2,1H3;2-6H2,1H3. The zero-order chi connectivity index (χ0) is 17.5. The molecule has 0 saturated heterocycles. The largest absolute Gasteiger partial charge is 0.341 e. The lowest BCUT2D eigenvalue weighted by atomic mass is 10.1. The predicted octanol–water partition coefficient (Wildman–Crippen LogP) is 9.22. The van der Waals surface area contributed by atoms with Gasteiger partial charge in [-0.1, -0.05) is 78.1 Å². The molecule has 0 atom stereocenters. The Labute approximate surface area is 167 Å². The van der Waals surface area contributed by atoms with Crippen molar-refractivity contribution in [2.75, 3.05) is 0 Å². The van der Waals surface area contributed by atoms with E-state index in [1.165, 1.54) is 51.4 Å². The Morgan fingerprint density at radius 2 is 0.727 bits per heavy atom. The quantitative estimate of drug-likeness (QED) is 0.152.